The molecule has 0 aliphatic carbocycles. The van der Waals surface area contributed by atoms with E-state index in [0.717, 1.165) is 12.1 Å². The smallest absolute Gasteiger partial charge is 0.268 e. The Morgan fingerprint density at radius 2 is 2.07 bits per heavy atom. The molecule has 0 aliphatic rings. The Labute approximate surface area is 100 Å². The molecule has 0 amide bonds. The fourth-order valence-electron chi connectivity index (χ4n) is 0.825. The van der Waals surface area contributed by atoms with Gasteiger partial charge in [-0.25, -0.2) is 9.11 Å². The molecular formula is C7H7BrClFN2O2S. The Morgan fingerprint density at radius 3 is 2.53 bits per heavy atom. The molecule has 0 saturated carbocycles. The molecule has 0 radical (unpaired) electrons. The van der Waals surface area contributed by atoms with Crippen molar-refractivity contribution in [3.8, 4) is 0 Å². The van der Waals surface area contributed by atoms with Crippen LogP contribution in [0.5, 0.6) is 0 Å². The Morgan fingerprint density at radius 1 is 1.47 bits per heavy atom. The standard InChI is InChI=1S/C7H7BrClFN2O2S/c1-11-15(13,14)12-7-5(8)2-4(10)3-6(7)9/h2-3,11-12H,1H3. The summed E-state index contributed by atoms with van der Waals surface area (Å²) in [7, 11) is -2.42. The maximum absolute atomic E-state index is 12.8. The molecule has 0 atom stereocenters. The van der Waals surface area contributed by atoms with Crippen LogP contribution in [0.2, 0.25) is 5.02 Å². The minimum Gasteiger partial charge on any atom is -0.268 e. The summed E-state index contributed by atoms with van der Waals surface area (Å²) in [5.74, 6) is -0.556. The highest BCUT2D eigenvalue weighted by atomic mass is 79.9. The lowest BCUT2D eigenvalue weighted by molar-refractivity contribution is 0.593. The van der Waals surface area contributed by atoms with Crippen LogP contribution in [0.3, 0.4) is 0 Å². The van der Waals surface area contributed by atoms with Gasteiger partial charge in [0.1, 0.15) is 5.82 Å². The van der Waals surface area contributed by atoms with Gasteiger partial charge in [0, 0.05) is 11.5 Å². The van der Waals surface area contributed by atoms with Gasteiger partial charge in [-0.2, -0.15) is 8.42 Å². The number of benzene rings is 1. The van der Waals surface area contributed by atoms with Crippen LogP contribution in [0.15, 0.2) is 16.6 Å². The van der Waals surface area contributed by atoms with E-state index in [0.29, 0.717) is 0 Å². The van der Waals surface area contributed by atoms with Gasteiger partial charge in [0.2, 0.25) is 0 Å². The normalized spacial score (nSPS) is 11.5. The molecule has 2 N–H and O–H groups in total. The highest BCUT2D eigenvalue weighted by Gasteiger charge is 2.13. The molecule has 84 valence electrons. The van der Waals surface area contributed by atoms with Crippen molar-refractivity contribution in [3.05, 3.63) is 27.4 Å². The first-order valence-electron chi connectivity index (χ1n) is 3.71. The number of hydrogen-bond acceptors (Lipinski definition) is 2. The molecule has 1 rings (SSSR count). The second-order valence-electron chi connectivity index (χ2n) is 2.55. The second-order valence-corrected chi connectivity index (χ2v) is 5.43. The molecule has 8 heteroatoms. The van der Waals surface area contributed by atoms with Gasteiger partial charge in [-0.05, 0) is 28.1 Å². The SMILES string of the molecule is CNS(=O)(=O)Nc1c(Cl)cc(F)cc1Br. The molecule has 0 spiro atoms. The Balaban J connectivity index is 3.17. The van der Waals surface area contributed by atoms with Gasteiger partial charge in [-0.1, -0.05) is 11.6 Å². The number of halogens is 3. The van der Waals surface area contributed by atoms with E-state index in [1.54, 1.807) is 0 Å². The van der Waals surface area contributed by atoms with Crippen LogP contribution in [-0.4, -0.2) is 15.5 Å². The van der Waals surface area contributed by atoms with Crippen LogP contribution in [0.25, 0.3) is 0 Å². The van der Waals surface area contributed by atoms with Gasteiger partial charge in [-0.15, -0.1) is 0 Å². The molecule has 0 aliphatic heterocycles. The average Bonchev–Trinajstić information content (AvgIpc) is 2.11. The first kappa shape index (κ1) is 12.7. The quantitative estimate of drug-likeness (QED) is 0.897. The van der Waals surface area contributed by atoms with Gasteiger partial charge < -0.3 is 0 Å². The third-order valence-electron chi connectivity index (χ3n) is 1.51. The molecule has 15 heavy (non-hydrogen) atoms. The van der Waals surface area contributed by atoms with Crippen molar-refractivity contribution in [1.29, 1.82) is 0 Å². The molecule has 0 aromatic heterocycles. The number of hydrogen-bond donors (Lipinski definition) is 2. The highest BCUT2D eigenvalue weighted by Crippen LogP contribution is 2.32. The van der Waals surface area contributed by atoms with E-state index in [9.17, 15) is 12.8 Å². The monoisotopic (exact) mass is 316 g/mol. The highest BCUT2D eigenvalue weighted by molar-refractivity contribution is 9.10. The summed E-state index contributed by atoms with van der Waals surface area (Å²) in [5, 5.41) is -0.0271. The predicted octanol–water partition coefficient (Wildman–Crippen LogP) is 2.12. The third-order valence-corrected chi connectivity index (χ3v) is 3.45. The van der Waals surface area contributed by atoms with E-state index in [1.807, 2.05) is 4.72 Å². The summed E-state index contributed by atoms with van der Waals surface area (Å²) >= 11 is 8.67. The number of anilines is 1. The zero-order valence-corrected chi connectivity index (χ0v) is 10.7. The van der Waals surface area contributed by atoms with Crippen LogP contribution in [0.4, 0.5) is 10.1 Å². The maximum Gasteiger partial charge on any atom is 0.298 e. The Kier molecular flexibility index (Phi) is 3.93. The molecule has 0 heterocycles. The van der Waals surface area contributed by atoms with E-state index in [4.69, 9.17) is 11.6 Å². The van der Waals surface area contributed by atoms with Crippen molar-refractivity contribution < 1.29 is 12.8 Å². The summed E-state index contributed by atoms with van der Waals surface area (Å²) in [5.41, 5.74) is 0.0902. The summed E-state index contributed by atoms with van der Waals surface area (Å²) in [6, 6.07) is 2.12. The minimum atomic E-state index is -3.67. The molecule has 0 bridgehead atoms. The predicted molar refractivity (Wildman–Crippen MR) is 60.7 cm³/mol. The topological polar surface area (TPSA) is 58.2 Å². The lowest BCUT2D eigenvalue weighted by Crippen LogP contribution is -2.26. The molecule has 1 aromatic rings. The minimum absolute atomic E-state index is 0.0271. The fraction of sp³-hybridized carbons (Fsp3) is 0.143. The molecule has 0 fully saturated rings. The zero-order chi connectivity index (χ0) is 11.6. The summed E-state index contributed by atoms with van der Waals surface area (Å²) in [6.45, 7) is 0. The molecular weight excluding hydrogens is 311 g/mol. The largest absolute Gasteiger partial charge is 0.298 e. The fourth-order valence-corrected chi connectivity index (χ4v) is 2.50. The van der Waals surface area contributed by atoms with E-state index < -0.39 is 16.0 Å². The number of nitrogens with one attached hydrogen (secondary N) is 2. The van der Waals surface area contributed by atoms with Crippen molar-refractivity contribution >= 4 is 43.4 Å². The molecule has 4 nitrogen and oxygen atoms in total. The van der Waals surface area contributed by atoms with Crippen LogP contribution >= 0.6 is 27.5 Å². The van der Waals surface area contributed by atoms with Crippen LogP contribution in [-0.2, 0) is 10.2 Å². The van der Waals surface area contributed by atoms with E-state index in [1.165, 1.54) is 7.05 Å². The van der Waals surface area contributed by atoms with Crippen LogP contribution in [0, 0.1) is 5.82 Å². The van der Waals surface area contributed by atoms with E-state index >= 15 is 0 Å². The maximum atomic E-state index is 12.8. The van der Waals surface area contributed by atoms with Gasteiger partial charge in [0.05, 0.1) is 10.7 Å². The van der Waals surface area contributed by atoms with Gasteiger partial charge >= 0.3 is 0 Å². The third kappa shape index (κ3) is 3.30. The van der Waals surface area contributed by atoms with Crippen molar-refractivity contribution in [2.75, 3.05) is 11.8 Å². The second kappa shape index (κ2) is 4.65. The number of rotatable bonds is 3. The van der Waals surface area contributed by atoms with Crippen molar-refractivity contribution in [1.82, 2.24) is 4.72 Å². The average molecular weight is 318 g/mol. The molecule has 1 aromatic carbocycles. The van der Waals surface area contributed by atoms with Gasteiger partial charge in [0.15, 0.2) is 0 Å². The van der Waals surface area contributed by atoms with Crippen molar-refractivity contribution in [3.63, 3.8) is 0 Å². The molecule has 0 saturated heterocycles. The first-order chi connectivity index (χ1) is 6.85. The van der Waals surface area contributed by atoms with E-state index in [-0.39, 0.29) is 15.2 Å². The van der Waals surface area contributed by atoms with Gasteiger partial charge in [-0.3, -0.25) is 4.72 Å². The summed E-state index contributed by atoms with van der Waals surface area (Å²) < 4.78 is 39.6. The Hall–Kier alpha value is -0.370. The summed E-state index contributed by atoms with van der Waals surface area (Å²) in [6.07, 6.45) is 0. The van der Waals surface area contributed by atoms with Crippen LogP contribution < -0.4 is 9.44 Å². The van der Waals surface area contributed by atoms with Crippen molar-refractivity contribution in [2.45, 2.75) is 0 Å². The van der Waals surface area contributed by atoms with Gasteiger partial charge in [0.25, 0.3) is 10.2 Å². The zero-order valence-electron chi connectivity index (χ0n) is 7.51. The lowest BCUT2D eigenvalue weighted by Gasteiger charge is -2.10. The van der Waals surface area contributed by atoms with Crippen molar-refractivity contribution in [2.24, 2.45) is 0 Å². The summed E-state index contributed by atoms with van der Waals surface area (Å²) in [4.78, 5) is 0. The molecule has 0 unspecified atom stereocenters. The lowest BCUT2D eigenvalue weighted by atomic mass is 10.3. The Bertz CT molecular complexity index is 457. The van der Waals surface area contributed by atoms with E-state index in [2.05, 4.69) is 20.7 Å². The van der Waals surface area contributed by atoms with Crippen LogP contribution in [0.1, 0.15) is 0 Å². The first-order valence-corrected chi connectivity index (χ1v) is 6.37.